The third-order valence-corrected chi connectivity index (χ3v) is 6.96. The fraction of sp³-hybridized carbons (Fsp3) is 0.417. The van der Waals surface area contributed by atoms with E-state index in [4.69, 9.17) is 27.9 Å². The second-order valence-electron chi connectivity index (χ2n) is 7.95. The van der Waals surface area contributed by atoms with E-state index in [2.05, 4.69) is 5.32 Å². The van der Waals surface area contributed by atoms with Gasteiger partial charge in [0, 0.05) is 18.1 Å². The monoisotopic (exact) mass is 543 g/mol. The Labute approximate surface area is 217 Å². The maximum Gasteiger partial charge on any atom is 0.244 e. The third-order valence-electron chi connectivity index (χ3n) is 5.28. The Hall–Kier alpha value is -2.49. The minimum absolute atomic E-state index is 0.0783. The predicted octanol–water partition coefficient (Wildman–Crippen LogP) is 4.10. The lowest BCUT2D eigenvalue weighted by molar-refractivity contribution is -0.140. The van der Waals surface area contributed by atoms with Crippen LogP contribution in [0.15, 0.2) is 42.5 Å². The van der Waals surface area contributed by atoms with Crippen molar-refractivity contribution in [2.75, 3.05) is 30.8 Å². The van der Waals surface area contributed by atoms with Crippen molar-refractivity contribution in [2.24, 2.45) is 0 Å². The number of carbonyl (C=O) groups is 2. The molecule has 11 heteroatoms. The Morgan fingerprint density at radius 1 is 1.11 bits per heavy atom. The molecule has 0 aliphatic rings. The first kappa shape index (κ1) is 28.7. The van der Waals surface area contributed by atoms with Crippen molar-refractivity contribution in [1.29, 1.82) is 0 Å². The summed E-state index contributed by atoms with van der Waals surface area (Å²) < 4.78 is 31.5. The molecule has 2 aromatic rings. The molecule has 1 N–H and O–H groups in total. The molecule has 0 fully saturated rings. The Balaban J connectivity index is 2.48. The number of nitrogens with one attached hydrogen (secondary N) is 1. The van der Waals surface area contributed by atoms with Gasteiger partial charge in [0.1, 0.15) is 18.3 Å². The van der Waals surface area contributed by atoms with E-state index in [0.29, 0.717) is 18.7 Å². The van der Waals surface area contributed by atoms with Crippen molar-refractivity contribution in [2.45, 2.75) is 39.3 Å². The van der Waals surface area contributed by atoms with Gasteiger partial charge in [-0.25, -0.2) is 8.42 Å². The average molecular weight is 545 g/mol. The second-order valence-corrected chi connectivity index (χ2v) is 10.7. The van der Waals surface area contributed by atoms with Gasteiger partial charge in [0.25, 0.3) is 0 Å². The fourth-order valence-electron chi connectivity index (χ4n) is 3.52. The molecule has 1 atom stereocenters. The molecule has 35 heavy (non-hydrogen) atoms. The van der Waals surface area contributed by atoms with Gasteiger partial charge < -0.3 is 15.0 Å². The van der Waals surface area contributed by atoms with Gasteiger partial charge in [-0.15, -0.1) is 0 Å². The van der Waals surface area contributed by atoms with Gasteiger partial charge in [-0.05, 0) is 48.7 Å². The van der Waals surface area contributed by atoms with Crippen LogP contribution in [0.5, 0.6) is 5.75 Å². The third kappa shape index (κ3) is 8.02. The van der Waals surface area contributed by atoms with Crippen LogP contribution in [0.25, 0.3) is 0 Å². The van der Waals surface area contributed by atoms with Crippen LogP contribution in [0, 0.1) is 0 Å². The molecule has 0 saturated carbocycles. The van der Waals surface area contributed by atoms with Gasteiger partial charge in [0.15, 0.2) is 0 Å². The highest BCUT2D eigenvalue weighted by molar-refractivity contribution is 7.92. The summed E-state index contributed by atoms with van der Waals surface area (Å²) >= 11 is 12.3. The topological polar surface area (TPSA) is 96.0 Å². The molecule has 0 heterocycles. The molecular formula is C24H31Cl2N3O5S. The number of nitrogens with zero attached hydrogens (tertiary/aromatic N) is 2. The molecule has 8 nitrogen and oxygen atoms in total. The van der Waals surface area contributed by atoms with Crippen LogP contribution >= 0.6 is 23.2 Å². The standard InChI is InChI=1S/C24H31Cl2N3O5S/c1-5-12-27-24(31)21(6-2)28(15-17-8-7-9-19(13-17)34-3)23(30)16-29(35(4,32)33)22-14-18(25)10-11-20(22)26/h7-11,13-14,21H,5-6,12,15-16H2,1-4H3,(H,27,31)/t21-/m0/s1. The smallest absolute Gasteiger partial charge is 0.244 e. The van der Waals surface area contributed by atoms with E-state index in [-0.39, 0.29) is 28.2 Å². The normalized spacial score (nSPS) is 12.1. The molecular weight excluding hydrogens is 513 g/mol. The molecule has 2 amide bonds. The molecule has 0 aliphatic heterocycles. The molecule has 0 radical (unpaired) electrons. The highest BCUT2D eigenvalue weighted by Gasteiger charge is 2.32. The average Bonchev–Trinajstić information content (AvgIpc) is 2.81. The van der Waals surface area contributed by atoms with Gasteiger partial charge in [-0.2, -0.15) is 0 Å². The number of carbonyl (C=O) groups excluding carboxylic acids is 2. The first-order valence-electron chi connectivity index (χ1n) is 11.1. The van der Waals surface area contributed by atoms with Crippen LogP contribution in [0.2, 0.25) is 10.0 Å². The SMILES string of the molecule is CCCNC(=O)[C@H](CC)N(Cc1cccc(OC)c1)C(=O)CN(c1cc(Cl)ccc1Cl)S(C)(=O)=O. The maximum atomic E-state index is 13.6. The highest BCUT2D eigenvalue weighted by Crippen LogP contribution is 2.31. The molecule has 0 bridgehead atoms. The predicted molar refractivity (Wildman–Crippen MR) is 140 cm³/mol. The van der Waals surface area contributed by atoms with Crippen molar-refractivity contribution in [3.05, 3.63) is 58.1 Å². The fourth-order valence-corrected chi connectivity index (χ4v) is 4.81. The highest BCUT2D eigenvalue weighted by atomic mass is 35.5. The molecule has 192 valence electrons. The van der Waals surface area contributed by atoms with E-state index in [9.17, 15) is 18.0 Å². The van der Waals surface area contributed by atoms with E-state index in [1.807, 2.05) is 13.0 Å². The number of methoxy groups -OCH3 is 1. The van der Waals surface area contributed by atoms with E-state index in [1.165, 1.54) is 30.2 Å². The largest absolute Gasteiger partial charge is 0.497 e. The zero-order chi connectivity index (χ0) is 26.2. The summed E-state index contributed by atoms with van der Waals surface area (Å²) in [5, 5.41) is 3.22. The summed E-state index contributed by atoms with van der Waals surface area (Å²) in [6.45, 7) is 3.71. The van der Waals surface area contributed by atoms with E-state index >= 15 is 0 Å². The first-order valence-corrected chi connectivity index (χ1v) is 13.7. The molecule has 2 rings (SSSR count). The van der Waals surface area contributed by atoms with Gasteiger partial charge in [0.05, 0.1) is 24.1 Å². The van der Waals surface area contributed by atoms with Crippen LogP contribution < -0.4 is 14.4 Å². The number of hydrogen-bond donors (Lipinski definition) is 1. The zero-order valence-corrected chi connectivity index (χ0v) is 22.6. The zero-order valence-electron chi connectivity index (χ0n) is 20.3. The summed E-state index contributed by atoms with van der Waals surface area (Å²) in [4.78, 5) is 28.0. The summed E-state index contributed by atoms with van der Waals surface area (Å²) in [6, 6.07) is 10.7. The van der Waals surface area contributed by atoms with Gasteiger partial charge >= 0.3 is 0 Å². The minimum atomic E-state index is -3.91. The lowest BCUT2D eigenvalue weighted by Gasteiger charge is -2.33. The molecule has 0 aliphatic carbocycles. The summed E-state index contributed by atoms with van der Waals surface area (Å²) in [7, 11) is -2.38. The number of benzene rings is 2. The van der Waals surface area contributed by atoms with E-state index in [1.54, 1.807) is 25.1 Å². The number of hydrogen-bond acceptors (Lipinski definition) is 5. The number of anilines is 1. The van der Waals surface area contributed by atoms with Gasteiger partial charge in [-0.3, -0.25) is 13.9 Å². The van der Waals surface area contributed by atoms with Crippen LogP contribution in [-0.2, 0) is 26.2 Å². The minimum Gasteiger partial charge on any atom is -0.497 e. The number of ether oxygens (including phenoxy) is 1. The molecule has 0 unspecified atom stereocenters. The Bertz CT molecular complexity index is 1140. The van der Waals surface area contributed by atoms with Crippen LogP contribution in [0.4, 0.5) is 5.69 Å². The van der Waals surface area contributed by atoms with Crippen molar-refractivity contribution in [3.63, 3.8) is 0 Å². The maximum absolute atomic E-state index is 13.6. The van der Waals surface area contributed by atoms with Crippen molar-refractivity contribution in [1.82, 2.24) is 10.2 Å². The molecule has 0 spiro atoms. The lowest BCUT2D eigenvalue weighted by atomic mass is 10.1. The summed E-state index contributed by atoms with van der Waals surface area (Å²) in [5.41, 5.74) is 0.811. The van der Waals surface area contributed by atoms with Crippen molar-refractivity contribution < 1.29 is 22.7 Å². The van der Waals surface area contributed by atoms with Crippen LogP contribution in [0.1, 0.15) is 32.3 Å². The van der Waals surface area contributed by atoms with E-state index < -0.39 is 28.5 Å². The quantitative estimate of drug-likeness (QED) is 0.434. The number of sulfonamides is 1. The Morgan fingerprint density at radius 2 is 1.83 bits per heavy atom. The first-order chi connectivity index (χ1) is 16.5. The summed E-state index contributed by atoms with van der Waals surface area (Å²) in [5.74, 6) is -0.271. The molecule has 0 saturated heterocycles. The van der Waals surface area contributed by atoms with Gasteiger partial charge in [-0.1, -0.05) is 49.2 Å². The Morgan fingerprint density at radius 3 is 2.43 bits per heavy atom. The van der Waals surface area contributed by atoms with Gasteiger partial charge in [0.2, 0.25) is 21.8 Å². The summed E-state index contributed by atoms with van der Waals surface area (Å²) in [6.07, 6.45) is 2.05. The molecule has 2 aromatic carbocycles. The van der Waals surface area contributed by atoms with Crippen LogP contribution in [-0.4, -0.2) is 57.6 Å². The van der Waals surface area contributed by atoms with Crippen molar-refractivity contribution in [3.8, 4) is 5.75 Å². The number of halogens is 2. The van der Waals surface area contributed by atoms with E-state index in [0.717, 1.165) is 22.5 Å². The molecule has 0 aromatic heterocycles. The van der Waals surface area contributed by atoms with Crippen LogP contribution in [0.3, 0.4) is 0 Å². The second kappa shape index (κ2) is 13.0. The number of rotatable bonds is 12. The van der Waals surface area contributed by atoms with Crippen molar-refractivity contribution >= 4 is 50.7 Å². The number of amides is 2. The lowest BCUT2D eigenvalue weighted by Crippen LogP contribution is -2.52. The Kier molecular flexibility index (Phi) is 10.7.